The van der Waals surface area contributed by atoms with E-state index < -0.39 is 0 Å². The van der Waals surface area contributed by atoms with Crippen LogP contribution >= 0.6 is 0 Å². The first-order valence-corrected chi connectivity index (χ1v) is 6.52. The molecule has 3 heteroatoms. The van der Waals surface area contributed by atoms with Gasteiger partial charge in [0.05, 0.1) is 5.69 Å². The maximum Gasteiger partial charge on any atom is 0.146 e. The van der Waals surface area contributed by atoms with Crippen LogP contribution in [0.5, 0.6) is 0 Å². The number of aryl methyl sites for hydroxylation is 2. The van der Waals surface area contributed by atoms with Crippen molar-refractivity contribution in [2.45, 2.75) is 13.8 Å². The maximum absolute atomic E-state index is 13.7. The van der Waals surface area contributed by atoms with Gasteiger partial charge in [0.1, 0.15) is 5.82 Å². The van der Waals surface area contributed by atoms with E-state index >= 15 is 0 Å². The lowest BCUT2D eigenvalue weighted by atomic mass is 10.0. The van der Waals surface area contributed by atoms with E-state index in [0.29, 0.717) is 5.69 Å². The number of fused-ring (bicyclic) bond motifs is 1. The lowest BCUT2D eigenvalue weighted by Crippen LogP contribution is -1.97. The molecule has 20 heavy (non-hydrogen) atoms. The van der Waals surface area contributed by atoms with Crippen molar-refractivity contribution in [3.63, 3.8) is 0 Å². The molecule has 1 heterocycles. The molecule has 0 bridgehead atoms. The van der Waals surface area contributed by atoms with E-state index in [0.717, 1.165) is 22.2 Å². The number of rotatable bonds is 2. The van der Waals surface area contributed by atoms with Crippen molar-refractivity contribution in [3.8, 4) is 0 Å². The zero-order valence-electron chi connectivity index (χ0n) is 11.4. The molecule has 0 saturated heterocycles. The summed E-state index contributed by atoms with van der Waals surface area (Å²) in [4.78, 5) is 4.18. The zero-order valence-corrected chi connectivity index (χ0v) is 11.4. The smallest absolute Gasteiger partial charge is 0.146 e. The molecule has 0 spiro atoms. The van der Waals surface area contributed by atoms with Crippen LogP contribution in [0.15, 0.2) is 48.8 Å². The molecule has 1 aromatic heterocycles. The second-order valence-electron chi connectivity index (χ2n) is 4.89. The normalized spacial score (nSPS) is 10.8. The van der Waals surface area contributed by atoms with E-state index in [9.17, 15) is 4.39 Å². The van der Waals surface area contributed by atoms with Gasteiger partial charge in [-0.15, -0.1) is 0 Å². The molecular formula is C17H15FN2. The number of nitrogens with one attached hydrogen (secondary N) is 1. The minimum absolute atomic E-state index is 0.254. The molecule has 0 atom stereocenters. The van der Waals surface area contributed by atoms with Gasteiger partial charge in [-0.3, -0.25) is 4.98 Å². The Bertz CT molecular complexity index is 781. The van der Waals surface area contributed by atoms with E-state index in [1.807, 2.05) is 38.2 Å². The van der Waals surface area contributed by atoms with Crippen LogP contribution in [0.2, 0.25) is 0 Å². The van der Waals surface area contributed by atoms with Gasteiger partial charge >= 0.3 is 0 Å². The van der Waals surface area contributed by atoms with Gasteiger partial charge in [0.15, 0.2) is 0 Å². The van der Waals surface area contributed by atoms with E-state index in [1.165, 1.54) is 11.5 Å². The summed E-state index contributed by atoms with van der Waals surface area (Å²) in [6, 6.07) is 10.7. The van der Waals surface area contributed by atoms with Gasteiger partial charge in [-0.1, -0.05) is 12.1 Å². The topological polar surface area (TPSA) is 24.9 Å². The summed E-state index contributed by atoms with van der Waals surface area (Å²) >= 11 is 0. The number of nitrogens with zero attached hydrogens (tertiary/aromatic N) is 1. The number of anilines is 2. The molecule has 1 N–H and O–H groups in total. The first-order valence-electron chi connectivity index (χ1n) is 6.52. The Labute approximate surface area is 117 Å². The van der Waals surface area contributed by atoms with Crippen molar-refractivity contribution in [1.29, 1.82) is 0 Å². The average Bonchev–Trinajstić information content (AvgIpc) is 2.47. The van der Waals surface area contributed by atoms with Crippen LogP contribution in [-0.4, -0.2) is 4.98 Å². The fraction of sp³-hybridized carbons (Fsp3) is 0.118. The highest BCUT2D eigenvalue weighted by Crippen LogP contribution is 2.30. The summed E-state index contributed by atoms with van der Waals surface area (Å²) in [7, 11) is 0. The van der Waals surface area contributed by atoms with Gasteiger partial charge in [0.25, 0.3) is 0 Å². The van der Waals surface area contributed by atoms with Gasteiger partial charge in [-0.2, -0.15) is 0 Å². The summed E-state index contributed by atoms with van der Waals surface area (Å²) in [5, 5.41) is 5.44. The number of hydrogen-bond acceptors (Lipinski definition) is 2. The molecule has 2 nitrogen and oxygen atoms in total. The van der Waals surface area contributed by atoms with Gasteiger partial charge in [0, 0.05) is 23.5 Å². The third-order valence-electron chi connectivity index (χ3n) is 3.56. The fourth-order valence-corrected chi connectivity index (χ4v) is 2.42. The Morgan fingerprint density at radius 2 is 1.80 bits per heavy atom. The molecule has 0 amide bonds. The van der Waals surface area contributed by atoms with Crippen LogP contribution in [0.25, 0.3) is 10.8 Å². The third-order valence-corrected chi connectivity index (χ3v) is 3.56. The van der Waals surface area contributed by atoms with Crippen molar-refractivity contribution in [1.82, 2.24) is 4.98 Å². The molecular weight excluding hydrogens is 251 g/mol. The summed E-state index contributed by atoms with van der Waals surface area (Å²) in [6.07, 6.45) is 3.64. The first kappa shape index (κ1) is 12.6. The molecule has 0 aliphatic rings. The maximum atomic E-state index is 13.7. The molecule has 0 aliphatic heterocycles. The number of hydrogen-bond donors (Lipinski definition) is 1. The summed E-state index contributed by atoms with van der Waals surface area (Å²) in [6.45, 7) is 4.07. The van der Waals surface area contributed by atoms with Crippen molar-refractivity contribution < 1.29 is 4.39 Å². The van der Waals surface area contributed by atoms with E-state index in [2.05, 4.69) is 10.3 Å². The number of benzene rings is 2. The molecule has 3 aromatic rings. The van der Waals surface area contributed by atoms with Crippen molar-refractivity contribution in [2.75, 3.05) is 5.32 Å². The van der Waals surface area contributed by atoms with Crippen LogP contribution in [0, 0.1) is 19.7 Å². The standard InChI is InChI=1S/C17H15FN2/c1-11-9-17(20-16-6-4-3-5-15(16)18)12(2)14-10-19-8-7-13(11)14/h3-10,20H,1-2H3. The quantitative estimate of drug-likeness (QED) is 0.725. The Hall–Kier alpha value is -2.42. The highest BCUT2D eigenvalue weighted by atomic mass is 19.1. The molecule has 0 radical (unpaired) electrons. The highest BCUT2D eigenvalue weighted by molar-refractivity contribution is 5.92. The molecule has 3 rings (SSSR count). The summed E-state index contributed by atoms with van der Waals surface area (Å²) in [5.74, 6) is -0.254. The molecule has 0 aliphatic carbocycles. The van der Waals surface area contributed by atoms with Crippen molar-refractivity contribution in [3.05, 3.63) is 65.7 Å². The largest absolute Gasteiger partial charge is 0.353 e. The minimum Gasteiger partial charge on any atom is -0.353 e. The molecule has 2 aromatic carbocycles. The van der Waals surface area contributed by atoms with Crippen molar-refractivity contribution in [2.24, 2.45) is 0 Å². The lowest BCUT2D eigenvalue weighted by molar-refractivity contribution is 0.632. The Morgan fingerprint density at radius 1 is 1.00 bits per heavy atom. The second-order valence-corrected chi connectivity index (χ2v) is 4.89. The number of aromatic nitrogens is 1. The van der Waals surface area contributed by atoms with Crippen LogP contribution in [0.4, 0.5) is 15.8 Å². The van der Waals surface area contributed by atoms with Gasteiger partial charge in [-0.25, -0.2) is 4.39 Å². The average molecular weight is 266 g/mol. The Balaban J connectivity index is 2.13. The SMILES string of the molecule is Cc1cc(Nc2ccccc2F)c(C)c2cnccc12. The molecule has 100 valence electrons. The molecule has 0 fully saturated rings. The van der Waals surface area contributed by atoms with Crippen LogP contribution in [-0.2, 0) is 0 Å². The summed E-state index contributed by atoms with van der Waals surface area (Å²) in [5.41, 5.74) is 3.61. The number of para-hydroxylation sites is 1. The van der Waals surface area contributed by atoms with Crippen LogP contribution < -0.4 is 5.32 Å². The van der Waals surface area contributed by atoms with Gasteiger partial charge < -0.3 is 5.32 Å². The minimum atomic E-state index is -0.254. The van der Waals surface area contributed by atoms with Gasteiger partial charge in [0.2, 0.25) is 0 Å². The fourth-order valence-electron chi connectivity index (χ4n) is 2.42. The van der Waals surface area contributed by atoms with Gasteiger partial charge in [-0.05, 0) is 54.6 Å². The molecule has 0 saturated carbocycles. The highest BCUT2D eigenvalue weighted by Gasteiger charge is 2.08. The second kappa shape index (κ2) is 4.93. The third kappa shape index (κ3) is 2.11. The van der Waals surface area contributed by atoms with Crippen LogP contribution in [0.3, 0.4) is 0 Å². The van der Waals surface area contributed by atoms with E-state index in [1.54, 1.807) is 18.3 Å². The lowest BCUT2D eigenvalue weighted by Gasteiger charge is -2.14. The van der Waals surface area contributed by atoms with Crippen LogP contribution in [0.1, 0.15) is 11.1 Å². The summed E-state index contributed by atoms with van der Waals surface area (Å²) < 4.78 is 13.7. The van der Waals surface area contributed by atoms with E-state index in [-0.39, 0.29) is 5.82 Å². The van der Waals surface area contributed by atoms with E-state index in [4.69, 9.17) is 0 Å². The first-order chi connectivity index (χ1) is 9.66. The predicted octanol–water partition coefficient (Wildman–Crippen LogP) is 4.73. The van der Waals surface area contributed by atoms with Crippen molar-refractivity contribution >= 4 is 22.1 Å². The number of halogens is 1. The monoisotopic (exact) mass is 266 g/mol. The Morgan fingerprint density at radius 3 is 2.60 bits per heavy atom. The predicted molar refractivity (Wildman–Crippen MR) is 80.9 cm³/mol. The molecule has 0 unspecified atom stereocenters. The Kier molecular flexibility index (Phi) is 3.11. The number of pyridine rings is 1. The zero-order chi connectivity index (χ0) is 14.1.